The predicted molar refractivity (Wildman–Crippen MR) is 74.0 cm³/mol. The van der Waals surface area contributed by atoms with Crippen molar-refractivity contribution in [2.24, 2.45) is 0 Å². The average Bonchev–Trinajstić information content (AvgIpc) is 2.92. The predicted octanol–water partition coefficient (Wildman–Crippen LogP) is 1.71. The maximum atomic E-state index is 12.0. The molecule has 0 bridgehead atoms. The molecule has 0 saturated carbocycles. The number of hydrogen-bond acceptors (Lipinski definition) is 4. The van der Waals surface area contributed by atoms with Crippen molar-refractivity contribution in [3.8, 4) is 0 Å². The molecule has 0 aliphatic carbocycles. The largest absolute Gasteiger partial charge is 0.349 e. The van der Waals surface area contributed by atoms with Gasteiger partial charge in [-0.05, 0) is 31.1 Å². The Morgan fingerprint density at radius 1 is 1.32 bits per heavy atom. The summed E-state index contributed by atoms with van der Waals surface area (Å²) in [5.74, 6) is -0.538. The van der Waals surface area contributed by atoms with Crippen LogP contribution in [0.3, 0.4) is 0 Å². The lowest BCUT2D eigenvalue weighted by molar-refractivity contribution is -0.385. The number of carbonyl (C=O) groups excluding carboxylic acids is 1. The monoisotopic (exact) mass is 279 g/mol. The molecule has 1 saturated heterocycles. The molecule has 2 rings (SSSR count). The van der Waals surface area contributed by atoms with Crippen LogP contribution in [0.25, 0.3) is 0 Å². The van der Waals surface area contributed by atoms with Crippen LogP contribution in [0.5, 0.6) is 0 Å². The quantitative estimate of drug-likeness (QED) is 0.506. The number of benzene rings is 1. The van der Waals surface area contributed by atoms with Crippen molar-refractivity contribution in [3.63, 3.8) is 0 Å². The first-order valence-electron chi connectivity index (χ1n) is 5.93. The summed E-state index contributed by atoms with van der Waals surface area (Å²) in [6.45, 7) is 1.63. The van der Waals surface area contributed by atoms with Crippen LogP contribution < -0.4 is 5.32 Å². The summed E-state index contributed by atoms with van der Waals surface area (Å²) in [5.41, 5.74) is -0.196. The van der Waals surface area contributed by atoms with Crippen molar-refractivity contribution in [2.75, 3.05) is 13.1 Å². The second-order valence-electron chi connectivity index (χ2n) is 4.23. The van der Waals surface area contributed by atoms with Gasteiger partial charge in [0.25, 0.3) is 11.6 Å². The molecule has 1 aliphatic heterocycles. The number of nitro benzene ring substituents is 1. The SMILES string of the molecule is O=C(NC(=S)N1CCCC1)c1ccccc1[N+](=O)[O-]. The molecule has 0 radical (unpaired) electrons. The van der Waals surface area contributed by atoms with Gasteiger partial charge in [-0.25, -0.2) is 0 Å². The van der Waals surface area contributed by atoms with E-state index in [1.165, 1.54) is 18.2 Å². The van der Waals surface area contributed by atoms with Crippen molar-refractivity contribution in [2.45, 2.75) is 12.8 Å². The lowest BCUT2D eigenvalue weighted by Gasteiger charge is -2.18. The number of amides is 1. The smallest absolute Gasteiger partial charge is 0.282 e. The molecule has 0 atom stereocenters. The number of nitrogens with zero attached hydrogens (tertiary/aromatic N) is 2. The van der Waals surface area contributed by atoms with Gasteiger partial charge in [-0.15, -0.1) is 0 Å². The fourth-order valence-electron chi connectivity index (χ4n) is 1.99. The van der Waals surface area contributed by atoms with E-state index in [0.717, 1.165) is 25.9 Å². The number of nitro groups is 1. The second kappa shape index (κ2) is 5.75. The Morgan fingerprint density at radius 3 is 2.58 bits per heavy atom. The molecule has 1 aromatic carbocycles. The van der Waals surface area contributed by atoms with Gasteiger partial charge in [0.2, 0.25) is 0 Å². The van der Waals surface area contributed by atoms with E-state index in [1.807, 2.05) is 4.90 Å². The minimum Gasteiger partial charge on any atom is -0.349 e. The van der Waals surface area contributed by atoms with E-state index >= 15 is 0 Å². The van der Waals surface area contributed by atoms with E-state index in [4.69, 9.17) is 12.2 Å². The fraction of sp³-hybridized carbons (Fsp3) is 0.333. The molecule has 6 nitrogen and oxygen atoms in total. The Labute approximate surface area is 115 Å². The topological polar surface area (TPSA) is 75.5 Å². The van der Waals surface area contributed by atoms with E-state index in [0.29, 0.717) is 5.11 Å². The van der Waals surface area contributed by atoms with Gasteiger partial charge in [-0.2, -0.15) is 0 Å². The number of para-hydroxylation sites is 1. The molecule has 0 unspecified atom stereocenters. The van der Waals surface area contributed by atoms with E-state index in [-0.39, 0.29) is 11.3 Å². The van der Waals surface area contributed by atoms with Crippen molar-refractivity contribution in [3.05, 3.63) is 39.9 Å². The number of carbonyl (C=O) groups is 1. The Morgan fingerprint density at radius 2 is 1.95 bits per heavy atom. The normalized spacial score (nSPS) is 14.2. The van der Waals surface area contributed by atoms with E-state index in [2.05, 4.69) is 5.32 Å². The summed E-state index contributed by atoms with van der Waals surface area (Å²) < 4.78 is 0. The zero-order valence-electron chi connectivity index (χ0n) is 10.2. The summed E-state index contributed by atoms with van der Waals surface area (Å²) in [4.78, 5) is 24.2. The van der Waals surface area contributed by atoms with E-state index < -0.39 is 10.8 Å². The molecule has 1 N–H and O–H groups in total. The van der Waals surface area contributed by atoms with Crippen LogP contribution in [0.4, 0.5) is 5.69 Å². The minimum atomic E-state index is -0.576. The van der Waals surface area contributed by atoms with Gasteiger partial charge in [0.15, 0.2) is 5.11 Å². The van der Waals surface area contributed by atoms with Crippen molar-refractivity contribution >= 4 is 28.9 Å². The highest BCUT2D eigenvalue weighted by atomic mass is 32.1. The Hall–Kier alpha value is -2.02. The highest BCUT2D eigenvalue weighted by Gasteiger charge is 2.22. The van der Waals surface area contributed by atoms with Crippen LogP contribution in [0.2, 0.25) is 0 Å². The van der Waals surface area contributed by atoms with Crippen molar-refractivity contribution in [1.29, 1.82) is 0 Å². The van der Waals surface area contributed by atoms with Gasteiger partial charge in [-0.3, -0.25) is 20.2 Å². The second-order valence-corrected chi connectivity index (χ2v) is 4.61. The van der Waals surface area contributed by atoms with Gasteiger partial charge in [0.1, 0.15) is 5.56 Å². The van der Waals surface area contributed by atoms with Gasteiger partial charge in [0.05, 0.1) is 4.92 Å². The minimum absolute atomic E-state index is 0.0223. The molecule has 100 valence electrons. The molecule has 1 amide bonds. The van der Waals surface area contributed by atoms with Crippen LogP contribution in [-0.2, 0) is 0 Å². The summed E-state index contributed by atoms with van der Waals surface area (Å²) in [6, 6.07) is 5.82. The fourth-order valence-corrected chi connectivity index (χ4v) is 2.26. The molecule has 0 spiro atoms. The molecule has 19 heavy (non-hydrogen) atoms. The van der Waals surface area contributed by atoms with Gasteiger partial charge >= 0.3 is 0 Å². The lowest BCUT2D eigenvalue weighted by Crippen LogP contribution is -2.41. The van der Waals surface area contributed by atoms with Crippen LogP contribution in [0, 0.1) is 10.1 Å². The number of likely N-dealkylation sites (tertiary alicyclic amines) is 1. The molecule has 1 aliphatic rings. The van der Waals surface area contributed by atoms with Crippen LogP contribution >= 0.6 is 12.2 Å². The zero-order chi connectivity index (χ0) is 13.8. The van der Waals surface area contributed by atoms with E-state index in [9.17, 15) is 14.9 Å². The average molecular weight is 279 g/mol. The van der Waals surface area contributed by atoms with E-state index in [1.54, 1.807) is 6.07 Å². The van der Waals surface area contributed by atoms with Gasteiger partial charge < -0.3 is 4.90 Å². The third kappa shape index (κ3) is 3.05. The van der Waals surface area contributed by atoms with Gasteiger partial charge in [0, 0.05) is 19.2 Å². The third-order valence-electron chi connectivity index (χ3n) is 2.96. The highest BCUT2D eigenvalue weighted by molar-refractivity contribution is 7.80. The first-order valence-corrected chi connectivity index (χ1v) is 6.34. The number of thiocarbonyl (C=S) groups is 1. The van der Waals surface area contributed by atoms with Crippen molar-refractivity contribution in [1.82, 2.24) is 10.2 Å². The van der Waals surface area contributed by atoms with Crippen LogP contribution in [-0.4, -0.2) is 33.9 Å². The molecule has 1 aromatic rings. The maximum Gasteiger partial charge on any atom is 0.282 e. The Kier molecular flexibility index (Phi) is 4.06. The number of rotatable bonds is 2. The standard InChI is InChI=1S/C12H13N3O3S/c16-11(13-12(19)14-7-3-4-8-14)9-5-1-2-6-10(9)15(17)18/h1-2,5-6H,3-4,7-8H2,(H,13,16,19). The summed E-state index contributed by atoms with van der Waals surface area (Å²) in [5, 5.41) is 13.7. The molecule has 7 heteroatoms. The Balaban J connectivity index is 2.11. The Bertz CT molecular complexity index is 527. The maximum absolute atomic E-state index is 12.0. The van der Waals surface area contributed by atoms with Gasteiger partial charge in [-0.1, -0.05) is 12.1 Å². The van der Waals surface area contributed by atoms with Crippen molar-refractivity contribution < 1.29 is 9.72 Å². The molecular weight excluding hydrogens is 266 g/mol. The zero-order valence-corrected chi connectivity index (χ0v) is 11.0. The lowest BCUT2D eigenvalue weighted by atomic mass is 10.1. The number of nitrogens with one attached hydrogen (secondary N) is 1. The summed E-state index contributed by atoms with van der Waals surface area (Å²) in [6.07, 6.45) is 2.09. The molecular formula is C12H13N3O3S. The summed E-state index contributed by atoms with van der Waals surface area (Å²) in [7, 11) is 0. The number of hydrogen-bond donors (Lipinski definition) is 1. The highest BCUT2D eigenvalue weighted by Crippen LogP contribution is 2.17. The molecule has 0 aromatic heterocycles. The first-order chi connectivity index (χ1) is 9.09. The van der Waals surface area contributed by atoms with Crippen LogP contribution in [0.15, 0.2) is 24.3 Å². The molecule has 1 fully saturated rings. The summed E-state index contributed by atoms with van der Waals surface area (Å²) >= 11 is 5.12. The molecule has 1 heterocycles. The third-order valence-corrected chi connectivity index (χ3v) is 3.32. The van der Waals surface area contributed by atoms with Crippen LogP contribution in [0.1, 0.15) is 23.2 Å². The first kappa shape index (κ1) is 13.4.